The number of aromatic nitrogens is 2. The van der Waals surface area contributed by atoms with Crippen molar-refractivity contribution in [2.24, 2.45) is 0 Å². The third-order valence-electron chi connectivity index (χ3n) is 3.35. The van der Waals surface area contributed by atoms with Crippen molar-refractivity contribution >= 4 is 0 Å². The molecule has 19 heavy (non-hydrogen) atoms. The molecule has 1 heterocycles. The van der Waals surface area contributed by atoms with Crippen LogP contribution in [0.4, 0.5) is 0 Å². The van der Waals surface area contributed by atoms with Gasteiger partial charge in [-0.15, -0.1) is 0 Å². The predicted octanol–water partition coefficient (Wildman–Crippen LogP) is 3.78. The molecule has 0 bridgehead atoms. The molecular formula is C16H17N3. The van der Waals surface area contributed by atoms with E-state index in [0.29, 0.717) is 5.82 Å². The molecule has 0 saturated carbocycles. The van der Waals surface area contributed by atoms with E-state index in [-0.39, 0.29) is 5.92 Å². The summed E-state index contributed by atoms with van der Waals surface area (Å²) >= 11 is 0. The zero-order chi connectivity index (χ0) is 13.8. The first-order valence-corrected chi connectivity index (χ1v) is 6.46. The Kier molecular flexibility index (Phi) is 3.91. The zero-order valence-corrected chi connectivity index (χ0v) is 11.5. The van der Waals surface area contributed by atoms with E-state index in [9.17, 15) is 0 Å². The molecule has 0 aliphatic heterocycles. The molecule has 0 saturated heterocycles. The molecule has 96 valence electrons. The summed E-state index contributed by atoms with van der Waals surface area (Å²) in [6.45, 7) is 6.15. The molecule has 0 aliphatic carbocycles. The lowest BCUT2D eigenvalue weighted by atomic mass is 10.0. The molecule has 3 nitrogen and oxygen atoms in total. The van der Waals surface area contributed by atoms with Gasteiger partial charge in [0.2, 0.25) is 0 Å². The van der Waals surface area contributed by atoms with Crippen molar-refractivity contribution in [1.29, 1.82) is 5.26 Å². The molecule has 0 aliphatic rings. The second-order valence-corrected chi connectivity index (χ2v) is 4.69. The third-order valence-corrected chi connectivity index (χ3v) is 3.35. The number of hydrogen-bond donors (Lipinski definition) is 0. The minimum absolute atomic E-state index is 0.230. The number of rotatable bonds is 3. The van der Waals surface area contributed by atoms with Crippen molar-refractivity contribution in [2.75, 3.05) is 0 Å². The van der Waals surface area contributed by atoms with Gasteiger partial charge in [0, 0.05) is 11.8 Å². The maximum Gasteiger partial charge on any atom is 0.146 e. The van der Waals surface area contributed by atoms with Gasteiger partial charge in [-0.1, -0.05) is 19.1 Å². The number of nitrogens with zero attached hydrogens (tertiary/aromatic N) is 3. The average Bonchev–Trinajstić information content (AvgIpc) is 2.44. The van der Waals surface area contributed by atoms with E-state index < -0.39 is 0 Å². The van der Waals surface area contributed by atoms with Gasteiger partial charge in [-0.2, -0.15) is 5.26 Å². The summed E-state index contributed by atoms with van der Waals surface area (Å²) in [6.07, 6.45) is 2.46. The van der Waals surface area contributed by atoms with E-state index in [1.54, 1.807) is 6.20 Å². The fourth-order valence-electron chi connectivity index (χ4n) is 1.93. The molecule has 1 unspecified atom stereocenters. The zero-order valence-electron chi connectivity index (χ0n) is 11.5. The maximum absolute atomic E-state index is 9.09. The summed E-state index contributed by atoms with van der Waals surface area (Å²) in [7, 11) is 0. The quantitative estimate of drug-likeness (QED) is 0.834. The van der Waals surface area contributed by atoms with Crippen LogP contribution in [0.2, 0.25) is 0 Å². The lowest BCUT2D eigenvalue weighted by Gasteiger charge is -2.08. The molecule has 1 aromatic heterocycles. The Bertz CT molecular complexity index is 626. The Morgan fingerprint density at radius 3 is 2.63 bits per heavy atom. The summed E-state index contributed by atoms with van der Waals surface area (Å²) in [5.41, 5.74) is 4.45. The second kappa shape index (κ2) is 5.62. The van der Waals surface area contributed by atoms with Gasteiger partial charge in [0.1, 0.15) is 11.7 Å². The van der Waals surface area contributed by atoms with Gasteiger partial charge in [-0.25, -0.2) is 9.97 Å². The smallest absolute Gasteiger partial charge is 0.146 e. The Hall–Kier alpha value is -2.21. The topological polar surface area (TPSA) is 49.6 Å². The van der Waals surface area contributed by atoms with Crippen LogP contribution in [0.15, 0.2) is 30.5 Å². The van der Waals surface area contributed by atoms with Gasteiger partial charge in [-0.3, -0.25) is 0 Å². The van der Waals surface area contributed by atoms with Crippen LogP contribution in [-0.2, 0) is 0 Å². The second-order valence-electron chi connectivity index (χ2n) is 4.69. The highest BCUT2D eigenvalue weighted by molar-refractivity contribution is 5.60. The molecule has 1 aromatic carbocycles. The first kappa shape index (κ1) is 13.2. The van der Waals surface area contributed by atoms with Crippen molar-refractivity contribution < 1.29 is 0 Å². The summed E-state index contributed by atoms with van der Waals surface area (Å²) in [5, 5.41) is 9.09. The maximum atomic E-state index is 9.09. The molecule has 0 radical (unpaired) electrons. The Balaban J connectivity index is 2.43. The minimum Gasteiger partial charge on any atom is -0.240 e. The van der Waals surface area contributed by atoms with Crippen molar-refractivity contribution in [3.05, 3.63) is 47.4 Å². The fraction of sp³-hybridized carbons (Fsp3) is 0.312. The summed E-state index contributed by atoms with van der Waals surface area (Å²) in [5.74, 6) is 0.382. The Labute approximate surface area is 114 Å². The van der Waals surface area contributed by atoms with E-state index in [4.69, 9.17) is 5.26 Å². The molecule has 0 N–H and O–H groups in total. The molecule has 2 rings (SSSR count). The normalized spacial score (nSPS) is 11.9. The summed E-state index contributed by atoms with van der Waals surface area (Å²) < 4.78 is 0. The van der Waals surface area contributed by atoms with Crippen LogP contribution in [0.3, 0.4) is 0 Å². The molecule has 3 heteroatoms. The van der Waals surface area contributed by atoms with Crippen molar-refractivity contribution in [2.45, 2.75) is 33.1 Å². The average molecular weight is 251 g/mol. The first-order valence-electron chi connectivity index (χ1n) is 6.46. The van der Waals surface area contributed by atoms with Crippen LogP contribution in [-0.4, -0.2) is 9.97 Å². The van der Waals surface area contributed by atoms with E-state index in [0.717, 1.165) is 17.7 Å². The third kappa shape index (κ3) is 2.79. The predicted molar refractivity (Wildman–Crippen MR) is 75.6 cm³/mol. The largest absolute Gasteiger partial charge is 0.240 e. The highest BCUT2D eigenvalue weighted by Crippen LogP contribution is 2.22. The highest BCUT2D eigenvalue weighted by Gasteiger charge is 2.12. The van der Waals surface area contributed by atoms with Gasteiger partial charge in [-0.05, 0) is 43.5 Å². The Morgan fingerprint density at radius 2 is 2.00 bits per heavy atom. The summed E-state index contributed by atoms with van der Waals surface area (Å²) in [6, 6.07) is 10.4. The van der Waals surface area contributed by atoms with Gasteiger partial charge >= 0.3 is 0 Å². The number of benzene rings is 1. The standard InChI is InChI=1S/C16H17N3/c1-4-13(10-17)16-18-8-7-15(19-16)14-6-5-11(2)12(3)9-14/h5-9,13H,4H2,1-3H3. The molecule has 1 atom stereocenters. The van der Waals surface area contributed by atoms with Crippen LogP contribution in [0.5, 0.6) is 0 Å². The van der Waals surface area contributed by atoms with E-state index in [1.807, 2.05) is 13.0 Å². The van der Waals surface area contributed by atoms with E-state index in [1.165, 1.54) is 11.1 Å². The molecule has 0 spiro atoms. The van der Waals surface area contributed by atoms with E-state index in [2.05, 4.69) is 48.1 Å². The van der Waals surface area contributed by atoms with Crippen LogP contribution < -0.4 is 0 Å². The van der Waals surface area contributed by atoms with Crippen molar-refractivity contribution in [3.8, 4) is 17.3 Å². The highest BCUT2D eigenvalue weighted by atomic mass is 14.9. The molecule has 2 aromatic rings. The lowest BCUT2D eigenvalue weighted by molar-refractivity contribution is 0.752. The number of aryl methyl sites for hydroxylation is 2. The van der Waals surface area contributed by atoms with Crippen molar-refractivity contribution in [1.82, 2.24) is 9.97 Å². The van der Waals surface area contributed by atoms with Crippen LogP contribution in [0.25, 0.3) is 11.3 Å². The van der Waals surface area contributed by atoms with Gasteiger partial charge in [0.25, 0.3) is 0 Å². The minimum atomic E-state index is -0.230. The van der Waals surface area contributed by atoms with Gasteiger partial charge in [0.15, 0.2) is 0 Å². The van der Waals surface area contributed by atoms with Gasteiger partial charge < -0.3 is 0 Å². The summed E-state index contributed by atoms with van der Waals surface area (Å²) in [4.78, 5) is 8.74. The van der Waals surface area contributed by atoms with Crippen molar-refractivity contribution in [3.63, 3.8) is 0 Å². The van der Waals surface area contributed by atoms with E-state index >= 15 is 0 Å². The molecule has 0 fully saturated rings. The Morgan fingerprint density at radius 1 is 1.21 bits per heavy atom. The number of hydrogen-bond acceptors (Lipinski definition) is 3. The lowest BCUT2D eigenvalue weighted by Crippen LogP contribution is -2.02. The van der Waals surface area contributed by atoms with Crippen LogP contribution >= 0.6 is 0 Å². The monoisotopic (exact) mass is 251 g/mol. The fourth-order valence-corrected chi connectivity index (χ4v) is 1.93. The SMILES string of the molecule is CCC(C#N)c1nccc(-c2ccc(C)c(C)c2)n1. The van der Waals surface area contributed by atoms with Gasteiger partial charge in [0.05, 0.1) is 11.8 Å². The molecule has 0 amide bonds. The van der Waals surface area contributed by atoms with Crippen LogP contribution in [0.1, 0.15) is 36.2 Å². The molecular weight excluding hydrogens is 234 g/mol. The van der Waals surface area contributed by atoms with Crippen LogP contribution in [0, 0.1) is 25.2 Å². The number of nitriles is 1. The first-order chi connectivity index (χ1) is 9.15.